The van der Waals surface area contributed by atoms with Crippen molar-refractivity contribution in [3.63, 3.8) is 0 Å². The smallest absolute Gasteiger partial charge is 0.229 e. The van der Waals surface area contributed by atoms with E-state index in [1.165, 1.54) is 71.4 Å². The standard InChI is InChI=1S/C10H22N2O.C10H21NO.C9H21NO.C8H12N2O.C7H11N.2C6H10N2O.2C6H10N2/c1-10(2)13-9-8-12-6-4-11(3)5-7-12;1-10(2)12-9-8-11-6-4-3-5-7-11;1-5-10(6-2)7-8-11-9(3)4;1-5(2)8-9-7(10-11-8)6-3-4-6;1-7(2)8-5-3-4-6-8;1-4(2)6-8-7-5(3)9-6;1-4(2)6-7-5(3)8-9-6;2*1-6(2)8-5-3-4-7-8/h10H,4-9H2,1-3H3;10H,3-9H2,1-2H3;9H,5-8H2,1-4H3;5-6H,3-4H2,1-2H3;3-7H,1-2H3;2*4H,1-3H3;2*3-6H,1-2H3. The van der Waals surface area contributed by atoms with Crippen molar-refractivity contribution in [2.75, 3.05) is 98.9 Å². The van der Waals surface area contributed by atoms with Gasteiger partial charge in [-0.3, -0.25) is 14.3 Å². The van der Waals surface area contributed by atoms with Crippen LogP contribution in [0.5, 0.6) is 0 Å². The van der Waals surface area contributed by atoms with Crippen LogP contribution in [0, 0.1) is 13.8 Å². The molecule has 0 unspecified atom stereocenters. The summed E-state index contributed by atoms with van der Waals surface area (Å²) in [6.45, 7) is 60.9. The van der Waals surface area contributed by atoms with Gasteiger partial charge >= 0.3 is 0 Å². The maximum atomic E-state index is 5.52. The molecule has 2 aliphatic heterocycles. The molecule has 1 aliphatic carbocycles. The van der Waals surface area contributed by atoms with E-state index in [2.05, 4.69) is 195 Å². The Morgan fingerprint density at radius 2 is 0.978 bits per heavy atom. The molecule has 89 heavy (non-hydrogen) atoms. The number of piperazine rings is 1. The molecule has 3 fully saturated rings. The molecular formula is C68H127N15O6. The minimum Gasteiger partial charge on any atom is -0.425 e. The van der Waals surface area contributed by atoms with Crippen molar-refractivity contribution >= 4 is 0 Å². The number of piperidine rings is 1. The monoisotopic (exact) mass is 1250 g/mol. The van der Waals surface area contributed by atoms with Gasteiger partial charge in [-0.05, 0) is 173 Å². The molecule has 0 amide bonds. The van der Waals surface area contributed by atoms with E-state index < -0.39 is 0 Å². The first-order chi connectivity index (χ1) is 42.3. The normalized spacial score (nSPS) is 14.4. The number of likely N-dealkylation sites (N-methyl/N-ethyl adjacent to an activating group) is 2. The summed E-state index contributed by atoms with van der Waals surface area (Å²) in [7, 11) is 2.18. The molecule has 9 rings (SSSR count). The summed E-state index contributed by atoms with van der Waals surface area (Å²) in [4.78, 5) is 18.0. The quantitative estimate of drug-likeness (QED) is 0.0658. The molecule has 0 aromatic carbocycles. The number of hydrogen-bond donors (Lipinski definition) is 0. The van der Waals surface area contributed by atoms with Crippen molar-refractivity contribution in [2.45, 2.75) is 245 Å². The number of hydrogen-bond acceptors (Lipinski definition) is 18. The van der Waals surface area contributed by atoms with Crippen molar-refractivity contribution in [3.8, 4) is 0 Å². The van der Waals surface area contributed by atoms with Gasteiger partial charge in [0.2, 0.25) is 23.6 Å². The van der Waals surface area contributed by atoms with Crippen LogP contribution >= 0.6 is 0 Å². The lowest BCUT2D eigenvalue weighted by Gasteiger charge is -2.32. The predicted octanol–water partition coefficient (Wildman–Crippen LogP) is 14.4. The number of aromatic nitrogens is 11. The third kappa shape index (κ3) is 41.8. The van der Waals surface area contributed by atoms with Crippen molar-refractivity contribution in [1.82, 2.24) is 74.2 Å². The predicted molar refractivity (Wildman–Crippen MR) is 362 cm³/mol. The molecule has 6 aromatic rings. The summed E-state index contributed by atoms with van der Waals surface area (Å²) in [6, 6.07) is 9.53. The zero-order valence-corrected chi connectivity index (χ0v) is 60.1. The van der Waals surface area contributed by atoms with Crippen molar-refractivity contribution in [1.29, 1.82) is 0 Å². The number of aryl methyl sites for hydroxylation is 2. The van der Waals surface area contributed by atoms with Crippen LogP contribution in [0.15, 0.2) is 74.9 Å². The van der Waals surface area contributed by atoms with E-state index in [9.17, 15) is 0 Å². The second-order valence-electron chi connectivity index (χ2n) is 25.3. The third-order valence-corrected chi connectivity index (χ3v) is 13.8. The topological polar surface area (TPSA) is 198 Å². The molecule has 21 heteroatoms. The van der Waals surface area contributed by atoms with Gasteiger partial charge in [-0.2, -0.15) is 20.2 Å². The number of rotatable bonds is 21. The second-order valence-corrected chi connectivity index (χ2v) is 25.3. The zero-order valence-electron chi connectivity index (χ0n) is 60.1. The second kappa shape index (κ2) is 48.6. The molecule has 21 nitrogen and oxygen atoms in total. The summed E-state index contributed by atoms with van der Waals surface area (Å²) >= 11 is 0. The van der Waals surface area contributed by atoms with Crippen molar-refractivity contribution in [2.24, 2.45) is 0 Å². The van der Waals surface area contributed by atoms with Gasteiger partial charge in [0.1, 0.15) is 0 Å². The van der Waals surface area contributed by atoms with E-state index in [0.717, 1.165) is 64.3 Å². The fraction of sp³-hybridized carbons (Fsp3) is 0.765. The van der Waals surface area contributed by atoms with E-state index in [4.69, 9.17) is 27.7 Å². The van der Waals surface area contributed by atoms with Gasteiger partial charge in [0.05, 0.1) is 38.1 Å². The third-order valence-electron chi connectivity index (χ3n) is 13.8. The Bertz CT molecular complexity index is 2290. The van der Waals surface area contributed by atoms with Crippen LogP contribution in [0.25, 0.3) is 0 Å². The molecule has 8 heterocycles. The molecule has 0 radical (unpaired) electrons. The highest BCUT2D eigenvalue weighted by molar-refractivity contribution is 5.04. The molecule has 0 N–H and O–H groups in total. The van der Waals surface area contributed by atoms with E-state index >= 15 is 0 Å². The van der Waals surface area contributed by atoms with Crippen LogP contribution < -0.4 is 0 Å². The lowest BCUT2D eigenvalue weighted by Crippen LogP contribution is -2.45. The number of likely N-dealkylation sites (tertiary alicyclic amines) is 1. The van der Waals surface area contributed by atoms with Crippen LogP contribution in [0.1, 0.15) is 248 Å². The van der Waals surface area contributed by atoms with Gasteiger partial charge in [-0.25, -0.2) is 0 Å². The Morgan fingerprint density at radius 3 is 1.29 bits per heavy atom. The fourth-order valence-corrected chi connectivity index (χ4v) is 7.99. The molecule has 510 valence electrons. The van der Waals surface area contributed by atoms with Crippen LogP contribution in [0.3, 0.4) is 0 Å². The number of nitrogens with zero attached hydrogens (tertiary/aromatic N) is 15. The maximum Gasteiger partial charge on any atom is 0.229 e. The highest BCUT2D eigenvalue weighted by Crippen LogP contribution is 2.38. The Hall–Kier alpha value is -5.16. The first-order valence-corrected chi connectivity index (χ1v) is 33.5. The summed E-state index contributed by atoms with van der Waals surface area (Å²) in [5.41, 5.74) is 0. The summed E-state index contributed by atoms with van der Waals surface area (Å²) in [6.07, 6.45) is 19.4. The van der Waals surface area contributed by atoms with E-state index in [0.29, 0.717) is 83.6 Å². The molecule has 2 saturated heterocycles. The first-order valence-electron chi connectivity index (χ1n) is 33.5. The molecule has 0 bridgehead atoms. The largest absolute Gasteiger partial charge is 0.425 e. The molecule has 3 aliphatic rings. The average Bonchev–Trinajstić information content (AvgIpc) is 4.46. The summed E-state index contributed by atoms with van der Waals surface area (Å²) in [5.74, 6) is 6.09. The Morgan fingerprint density at radius 1 is 0.517 bits per heavy atom. The van der Waals surface area contributed by atoms with Gasteiger partial charge in [-0.15, -0.1) is 10.2 Å². The van der Waals surface area contributed by atoms with Gasteiger partial charge in [0.15, 0.2) is 11.6 Å². The van der Waals surface area contributed by atoms with Crippen LogP contribution in [0.4, 0.5) is 0 Å². The van der Waals surface area contributed by atoms with Gasteiger partial charge in [0, 0.05) is 132 Å². The molecule has 6 aromatic heterocycles. The van der Waals surface area contributed by atoms with Crippen molar-refractivity contribution < 1.29 is 27.7 Å². The SMILES string of the molecule is CC(C)OCCN1CCCCC1.CC(C)OCCN1CCN(C)CC1.CC(C)c1nc(C2CC2)no1.CC(C)n1cccc1.CC(C)n1cccn1.CC(C)n1cccn1.CCN(CC)CCOC(C)C.Cc1nnc(C(C)C)o1.Cc1noc(C(C)C)n1. The van der Waals surface area contributed by atoms with E-state index in [1.807, 2.05) is 80.6 Å². The van der Waals surface area contributed by atoms with E-state index in [1.54, 1.807) is 19.3 Å². The highest BCUT2D eigenvalue weighted by Gasteiger charge is 2.29. The molecule has 1 saturated carbocycles. The summed E-state index contributed by atoms with van der Waals surface area (Å²) < 4.78 is 37.5. The zero-order chi connectivity index (χ0) is 66.7. The highest BCUT2D eigenvalue weighted by atomic mass is 16.5. The Balaban J connectivity index is 0.000000503. The summed E-state index contributed by atoms with van der Waals surface area (Å²) in [5, 5.41) is 23.1. The number of ether oxygens (including phenoxy) is 3. The minimum absolute atomic E-state index is 0.339. The van der Waals surface area contributed by atoms with E-state index in [-0.39, 0.29) is 0 Å². The van der Waals surface area contributed by atoms with Crippen LogP contribution in [-0.2, 0) is 14.2 Å². The molecular weight excluding hydrogens is 1120 g/mol. The van der Waals surface area contributed by atoms with Crippen LogP contribution in [0.2, 0.25) is 0 Å². The van der Waals surface area contributed by atoms with Gasteiger partial charge in [-0.1, -0.05) is 72.1 Å². The van der Waals surface area contributed by atoms with Crippen molar-refractivity contribution in [3.05, 3.63) is 96.7 Å². The maximum absolute atomic E-state index is 5.52. The lowest BCUT2D eigenvalue weighted by molar-refractivity contribution is 0.0478. The lowest BCUT2D eigenvalue weighted by atomic mass is 10.1. The average molecular weight is 1250 g/mol. The van der Waals surface area contributed by atoms with Gasteiger partial charge in [0.25, 0.3) is 0 Å². The van der Waals surface area contributed by atoms with Crippen LogP contribution in [-0.4, -0.2) is 191 Å². The molecule has 0 spiro atoms. The van der Waals surface area contributed by atoms with Gasteiger partial charge < -0.3 is 46.9 Å². The fourth-order valence-electron chi connectivity index (χ4n) is 7.99. The Kier molecular flexibility index (Phi) is 44.7. The first kappa shape index (κ1) is 81.9. The Labute approximate surface area is 539 Å². The minimum atomic E-state index is 0.339. The molecule has 0 atom stereocenters.